The highest BCUT2D eigenvalue weighted by Crippen LogP contribution is 2.30. The lowest BCUT2D eigenvalue weighted by molar-refractivity contribution is 1.08. The summed E-state index contributed by atoms with van der Waals surface area (Å²) in [5.41, 5.74) is 1.57. The molecule has 0 aliphatic heterocycles. The average molecular weight is 307 g/mol. The molecule has 3 rings (SSSR count). The third-order valence-corrected chi connectivity index (χ3v) is 3.76. The van der Waals surface area contributed by atoms with Crippen LogP contribution in [0, 0.1) is 0 Å². The molecule has 0 saturated carbocycles. The van der Waals surface area contributed by atoms with Crippen molar-refractivity contribution in [3.8, 4) is 0 Å². The van der Waals surface area contributed by atoms with Gasteiger partial charge in [-0.15, -0.1) is 0 Å². The van der Waals surface area contributed by atoms with Gasteiger partial charge in [-0.05, 0) is 24.3 Å². The fourth-order valence-corrected chi connectivity index (χ4v) is 2.55. The minimum Gasteiger partial charge on any atom is -0.341 e. The van der Waals surface area contributed by atoms with Crippen LogP contribution in [0.5, 0.6) is 0 Å². The van der Waals surface area contributed by atoms with Gasteiger partial charge in [-0.25, -0.2) is 15.0 Å². The molecule has 0 atom stereocenters. The number of aromatic amines is 1. The monoisotopic (exact) mass is 306 g/mol. The molecule has 4 nitrogen and oxygen atoms in total. The van der Waals surface area contributed by atoms with Gasteiger partial charge in [0.15, 0.2) is 5.65 Å². The molecule has 3 aromatic rings. The number of nitrogens with one attached hydrogen (secondary N) is 1. The number of hydrogen-bond acceptors (Lipinski definition) is 4. The number of hydrogen-bond donors (Lipinski definition) is 1. The maximum Gasteiger partial charge on any atom is 0.181 e. The van der Waals surface area contributed by atoms with Crippen molar-refractivity contribution < 1.29 is 0 Å². The minimum absolute atomic E-state index is 0.694. The lowest BCUT2D eigenvalue weighted by Gasteiger charge is -2.01. The van der Waals surface area contributed by atoms with Crippen molar-refractivity contribution in [2.75, 3.05) is 0 Å². The van der Waals surface area contributed by atoms with E-state index in [1.165, 1.54) is 6.33 Å². The maximum atomic E-state index is 4.27. The van der Waals surface area contributed by atoms with Crippen LogP contribution in [-0.4, -0.2) is 19.9 Å². The molecule has 1 N–H and O–H groups in total. The van der Waals surface area contributed by atoms with E-state index in [2.05, 4.69) is 35.9 Å². The predicted molar refractivity (Wildman–Crippen MR) is 69.9 cm³/mol. The van der Waals surface area contributed by atoms with Crippen LogP contribution in [0.2, 0.25) is 0 Å². The molecule has 0 amide bonds. The van der Waals surface area contributed by atoms with E-state index in [-0.39, 0.29) is 0 Å². The third kappa shape index (κ3) is 2.18. The molecule has 1 aromatic carbocycles. The number of rotatable bonds is 2. The zero-order chi connectivity index (χ0) is 11.7. The smallest absolute Gasteiger partial charge is 0.181 e. The molecule has 0 aliphatic rings. The van der Waals surface area contributed by atoms with Gasteiger partial charge in [0.25, 0.3) is 0 Å². The van der Waals surface area contributed by atoms with E-state index < -0.39 is 0 Å². The number of imidazole rings is 1. The predicted octanol–water partition coefficient (Wildman–Crippen LogP) is 3.27. The Morgan fingerprint density at radius 2 is 1.88 bits per heavy atom. The van der Waals surface area contributed by atoms with Crippen LogP contribution in [0.25, 0.3) is 11.2 Å². The molecule has 0 aliphatic carbocycles. The second kappa shape index (κ2) is 4.46. The molecule has 0 unspecified atom stereocenters. The van der Waals surface area contributed by atoms with Crippen molar-refractivity contribution in [2.45, 2.75) is 9.92 Å². The number of nitrogens with zero attached hydrogens (tertiary/aromatic N) is 3. The Balaban J connectivity index is 1.99. The Kier molecular flexibility index (Phi) is 2.82. The summed E-state index contributed by atoms with van der Waals surface area (Å²) >= 11 is 5.00. The minimum atomic E-state index is 0.694. The van der Waals surface area contributed by atoms with Gasteiger partial charge in [-0.1, -0.05) is 27.7 Å². The van der Waals surface area contributed by atoms with Crippen LogP contribution in [0.3, 0.4) is 0 Å². The molecule has 0 bridgehead atoms. The highest BCUT2D eigenvalue weighted by molar-refractivity contribution is 9.10. The van der Waals surface area contributed by atoms with E-state index >= 15 is 0 Å². The SMILES string of the molecule is Brc1ccc(Sc2ncnc3nc[nH]c23)cc1. The summed E-state index contributed by atoms with van der Waals surface area (Å²) in [7, 11) is 0. The topological polar surface area (TPSA) is 54.5 Å². The van der Waals surface area contributed by atoms with Gasteiger partial charge in [0.1, 0.15) is 16.9 Å². The standard InChI is InChI=1S/C11H7BrN4S/c12-7-1-3-8(4-2-7)17-11-9-10(14-5-13-9)15-6-16-11/h1-6H,(H,13,14,15,16). The normalized spacial score (nSPS) is 10.9. The molecule has 6 heteroatoms. The summed E-state index contributed by atoms with van der Waals surface area (Å²) in [6, 6.07) is 8.10. The van der Waals surface area contributed by atoms with E-state index in [0.717, 1.165) is 19.9 Å². The maximum absolute atomic E-state index is 4.27. The van der Waals surface area contributed by atoms with Crippen molar-refractivity contribution in [2.24, 2.45) is 0 Å². The summed E-state index contributed by atoms with van der Waals surface area (Å²) in [6.07, 6.45) is 3.16. The van der Waals surface area contributed by atoms with E-state index in [1.54, 1.807) is 18.1 Å². The Bertz CT molecular complexity index is 650. The summed E-state index contributed by atoms with van der Waals surface area (Å²) in [5.74, 6) is 0. The number of benzene rings is 1. The molecular weight excluding hydrogens is 300 g/mol. The summed E-state index contributed by atoms with van der Waals surface area (Å²) in [4.78, 5) is 16.6. The fraction of sp³-hybridized carbons (Fsp3) is 0. The summed E-state index contributed by atoms with van der Waals surface area (Å²) in [5, 5.41) is 0.884. The van der Waals surface area contributed by atoms with Crippen LogP contribution in [0.15, 0.2) is 51.3 Å². The third-order valence-electron chi connectivity index (χ3n) is 2.22. The van der Waals surface area contributed by atoms with Crippen LogP contribution in [-0.2, 0) is 0 Å². The first kappa shape index (κ1) is 10.7. The average Bonchev–Trinajstić information content (AvgIpc) is 2.81. The van der Waals surface area contributed by atoms with Crippen LogP contribution in [0.1, 0.15) is 0 Å². The van der Waals surface area contributed by atoms with E-state index in [9.17, 15) is 0 Å². The van der Waals surface area contributed by atoms with E-state index in [0.29, 0.717) is 5.65 Å². The van der Waals surface area contributed by atoms with Gasteiger partial charge < -0.3 is 4.98 Å². The number of aromatic nitrogens is 4. The van der Waals surface area contributed by atoms with Crippen LogP contribution < -0.4 is 0 Å². The Morgan fingerprint density at radius 3 is 2.71 bits per heavy atom. The van der Waals surface area contributed by atoms with Gasteiger partial charge in [0.2, 0.25) is 0 Å². The van der Waals surface area contributed by atoms with Crippen molar-refractivity contribution >= 4 is 38.9 Å². The zero-order valence-electron chi connectivity index (χ0n) is 8.59. The molecular formula is C11H7BrN4S. The number of fused-ring (bicyclic) bond motifs is 1. The highest BCUT2D eigenvalue weighted by atomic mass is 79.9. The number of halogens is 1. The highest BCUT2D eigenvalue weighted by Gasteiger charge is 2.07. The molecule has 17 heavy (non-hydrogen) atoms. The largest absolute Gasteiger partial charge is 0.341 e. The molecule has 0 fully saturated rings. The first-order valence-electron chi connectivity index (χ1n) is 4.90. The molecule has 2 heterocycles. The Labute approximate surface area is 110 Å². The molecule has 0 saturated heterocycles. The lowest BCUT2D eigenvalue weighted by atomic mass is 10.4. The van der Waals surface area contributed by atoms with Crippen LogP contribution >= 0.6 is 27.7 Å². The van der Waals surface area contributed by atoms with Crippen molar-refractivity contribution in [1.82, 2.24) is 19.9 Å². The molecule has 2 aromatic heterocycles. The first-order chi connectivity index (χ1) is 8.33. The van der Waals surface area contributed by atoms with Crippen molar-refractivity contribution in [3.63, 3.8) is 0 Å². The van der Waals surface area contributed by atoms with E-state index in [1.807, 2.05) is 24.3 Å². The van der Waals surface area contributed by atoms with Gasteiger partial charge in [0.05, 0.1) is 6.33 Å². The fourth-order valence-electron chi connectivity index (χ4n) is 1.43. The quantitative estimate of drug-likeness (QED) is 0.738. The summed E-state index contributed by atoms with van der Waals surface area (Å²) < 4.78 is 1.07. The molecule has 84 valence electrons. The second-order valence-electron chi connectivity index (χ2n) is 3.34. The lowest BCUT2D eigenvalue weighted by Crippen LogP contribution is -1.85. The zero-order valence-corrected chi connectivity index (χ0v) is 11.0. The van der Waals surface area contributed by atoms with Crippen molar-refractivity contribution in [1.29, 1.82) is 0 Å². The number of H-pyrrole nitrogens is 1. The molecule has 0 radical (unpaired) electrons. The second-order valence-corrected chi connectivity index (χ2v) is 5.31. The van der Waals surface area contributed by atoms with E-state index in [4.69, 9.17) is 0 Å². The Hall–Kier alpha value is -1.40. The first-order valence-corrected chi connectivity index (χ1v) is 6.51. The van der Waals surface area contributed by atoms with Gasteiger partial charge >= 0.3 is 0 Å². The van der Waals surface area contributed by atoms with Gasteiger partial charge in [-0.2, -0.15) is 0 Å². The van der Waals surface area contributed by atoms with Gasteiger partial charge in [-0.3, -0.25) is 0 Å². The van der Waals surface area contributed by atoms with Crippen molar-refractivity contribution in [3.05, 3.63) is 41.4 Å². The Morgan fingerprint density at radius 1 is 1.06 bits per heavy atom. The van der Waals surface area contributed by atoms with Crippen LogP contribution in [0.4, 0.5) is 0 Å². The summed E-state index contributed by atoms with van der Waals surface area (Å²) in [6.45, 7) is 0. The van der Waals surface area contributed by atoms with Gasteiger partial charge in [0, 0.05) is 9.37 Å². The molecule has 0 spiro atoms.